The van der Waals surface area contributed by atoms with E-state index < -0.39 is 0 Å². The number of benzene rings is 1. The van der Waals surface area contributed by atoms with Gasteiger partial charge in [0.25, 0.3) is 5.91 Å². The zero-order valence-electron chi connectivity index (χ0n) is 12.4. The largest absolute Gasteiger partial charge is 0.492 e. The maximum atomic E-state index is 12.3. The summed E-state index contributed by atoms with van der Waals surface area (Å²) in [5.74, 6) is 1.73. The van der Waals surface area contributed by atoms with Gasteiger partial charge in [0.15, 0.2) is 5.82 Å². The van der Waals surface area contributed by atoms with Crippen molar-refractivity contribution in [2.24, 2.45) is 0 Å². The van der Waals surface area contributed by atoms with Gasteiger partial charge in [-0.2, -0.15) is 5.10 Å². The SMILES string of the molecule is CCOc1ccc(C(=O)N(C)Cc2n[nH]c(C)n2)cc1N. The highest BCUT2D eigenvalue weighted by molar-refractivity contribution is 5.95. The predicted molar refractivity (Wildman–Crippen MR) is 78.9 cm³/mol. The molecule has 2 aromatic rings. The lowest BCUT2D eigenvalue weighted by molar-refractivity contribution is 0.0781. The first-order valence-corrected chi connectivity index (χ1v) is 6.67. The number of aromatic amines is 1. The van der Waals surface area contributed by atoms with Crippen LogP contribution in [0.1, 0.15) is 28.9 Å². The number of hydrogen-bond acceptors (Lipinski definition) is 5. The van der Waals surface area contributed by atoms with E-state index in [1.54, 1.807) is 25.2 Å². The number of aryl methyl sites for hydroxylation is 1. The molecule has 0 aliphatic heterocycles. The first-order chi connectivity index (χ1) is 10.0. The van der Waals surface area contributed by atoms with E-state index in [1.807, 2.05) is 13.8 Å². The monoisotopic (exact) mass is 289 g/mol. The van der Waals surface area contributed by atoms with Crippen LogP contribution in [-0.4, -0.2) is 39.6 Å². The molecule has 0 saturated carbocycles. The molecule has 3 N–H and O–H groups in total. The lowest BCUT2D eigenvalue weighted by Crippen LogP contribution is -2.26. The average molecular weight is 289 g/mol. The number of nitrogens with two attached hydrogens (primary N) is 1. The number of anilines is 1. The molecule has 21 heavy (non-hydrogen) atoms. The average Bonchev–Trinajstić information content (AvgIpc) is 2.85. The van der Waals surface area contributed by atoms with E-state index in [-0.39, 0.29) is 5.91 Å². The molecule has 7 heteroatoms. The summed E-state index contributed by atoms with van der Waals surface area (Å²) in [6.07, 6.45) is 0. The van der Waals surface area contributed by atoms with E-state index in [0.29, 0.717) is 36.0 Å². The van der Waals surface area contributed by atoms with Gasteiger partial charge in [-0.05, 0) is 32.0 Å². The minimum atomic E-state index is -0.146. The highest BCUT2D eigenvalue weighted by atomic mass is 16.5. The van der Waals surface area contributed by atoms with Gasteiger partial charge in [-0.25, -0.2) is 4.98 Å². The Morgan fingerprint density at radius 2 is 2.24 bits per heavy atom. The molecule has 0 aliphatic carbocycles. The zero-order chi connectivity index (χ0) is 15.4. The number of nitrogen functional groups attached to an aromatic ring is 1. The van der Waals surface area contributed by atoms with Gasteiger partial charge in [-0.1, -0.05) is 0 Å². The number of hydrogen-bond donors (Lipinski definition) is 2. The highest BCUT2D eigenvalue weighted by Crippen LogP contribution is 2.23. The molecular weight excluding hydrogens is 270 g/mol. The molecule has 0 spiro atoms. The fourth-order valence-corrected chi connectivity index (χ4v) is 1.93. The van der Waals surface area contributed by atoms with Crippen molar-refractivity contribution in [2.45, 2.75) is 20.4 Å². The van der Waals surface area contributed by atoms with Gasteiger partial charge in [0.05, 0.1) is 18.8 Å². The van der Waals surface area contributed by atoms with E-state index in [4.69, 9.17) is 10.5 Å². The quantitative estimate of drug-likeness (QED) is 0.810. The molecule has 1 aromatic heterocycles. The van der Waals surface area contributed by atoms with E-state index in [1.165, 1.54) is 4.90 Å². The number of ether oxygens (including phenoxy) is 1. The summed E-state index contributed by atoms with van der Waals surface area (Å²) in [7, 11) is 1.70. The summed E-state index contributed by atoms with van der Waals surface area (Å²) in [5.41, 5.74) is 6.83. The Morgan fingerprint density at radius 1 is 1.48 bits per heavy atom. The molecular formula is C14H19N5O2. The minimum Gasteiger partial charge on any atom is -0.492 e. The maximum Gasteiger partial charge on any atom is 0.254 e. The molecule has 0 bridgehead atoms. The van der Waals surface area contributed by atoms with Crippen LogP contribution in [0.4, 0.5) is 5.69 Å². The number of carbonyl (C=O) groups is 1. The number of nitrogens with zero attached hydrogens (tertiary/aromatic N) is 3. The summed E-state index contributed by atoms with van der Waals surface area (Å²) in [4.78, 5) is 18.1. The van der Waals surface area contributed by atoms with Gasteiger partial charge < -0.3 is 15.4 Å². The summed E-state index contributed by atoms with van der Waals surface area (Å²) >= 11 is 0. The van der Waals surface area contributed by atoms with E-state index >= 15 is 0 Å². The maximum absolute atomic E-state index is 12.3. The molecule has 0 saturated heterocycles. The van der Waals surface area contributed by atoms with Crippen molar-refractivity contribution < 1.29 is 9.53 Å². The van der Waals surface area contributed by atoms with Crippen LogP contribution in [0.3, 0.4) is 0 Å². The summed E-state index contributed by atoms with van der Waals surface area (Å²) in [5, 5.41) is 6.76. The molecule has 1 amide bonds. The van der Waals surface area contributed by atoms with E-state index in [2.05, 4.69) is 15.2 Å². The molecule has 7 nitrogen and oxygen atoms in total. The third kappa shape index (κ3) is 3.50. The van der Waals surface area contributed by atoms with Crippen LogP contribution in [0, 0.1) is 6.92 Å². The standard InChI is InChI=1S/C14H19N5O2/c1-4-21-12-6-5-10(7-11(12)15)14(20)19(3)8-13-16-9(2)17-18-13/h5-7H,4,8,15H2,1-3H3,(H,16,17,18). The molecule has 1 heterocycles. The molecule has 0 atom stereocenters. The third-order valence-electron chi connectivity index (χ3n) is 2.93. The Morgan fingerprint density at radius 3 is 2.81 bits per heavy atom. The molecule has 0 radical (unpaired) electrons. The Balaban J connectivity index is 2.10. The smallest absolute Gasteiger partial charge is 0.254 e. The first kappa shape index (κ1) is 14.8. The Hall–Kier alpha value is -2.57. The molecule has 0 fully saturated rings. The van der Waals surface area contributed by atoms with Gasteiger partial charge in [-0.3, -0.25) is 9.89 Å². The Bertz CT molecular complexity index is 638. The second-order valence-corrected chi connectivity index (χ2v) is 4.68. The lowest BCUT2D eigenvalue weighted by Gasteiger charge is -2.16. The number of H-pyrrole nitrogens is 1. The van der Waals surface area contributed by atoms with Crippen LogP contribution in [0.5, 0.6) is 5.75 Å². The molecule has 112 valence electrons. The van der Waals surface area contributed by atoms with Crippen LogP contribution in [-0.2, 0) is 6.54 Å². The molecule has 0 unspecified atom stereocenters. The van der Waals surface area contributed by atoms with Crippen LogP contribution in [0.2, 0.25) is 0 Å². The van der Waals surface area contributed by atoms with Crippen LogP contribution >= 0.6 is 0 Å². The van der Waals surface area contributed by atoms with Crippen molar-refractivity contribution in [3.63, 3.8) is 0 Å². The predicted octanol–water partition coefficient (Wildman–Crippen LogP) is 1.37. The fraction of sp³-hybridized carbons (Fsp3) is 0.357. The fourth-order valence-electron chi connectivity index (χ4n) is 1.93. The number of rotatable bonds is 5. The number of aromatic nitrogens is 3. The van der Waals surface area contributed by atoms with Gasteiger partial charge in [0, 0.05) is 12.6 Å². The number of nitrogens with one attached hydrogen (secondary N) is 1. The van der Waals surface area contributed by atoms with Gasteiger partial charge >= 0.3 is 0 Å². The first-order valence-electron chi connectivity index (χ1n) is 6.67. The second kappa shape index (κ2) is 6.25. The normalized spacial score (nSPS) is 10.4. The van der Waals surface area contributed by atoms with Crippen molar-refractivity contribution in [3.05, 3.63) is 35.4 Å². The number of carbonyl (C=O) groups excluding carboxylic acids is 1. The van der Waals surface area contributed by atoms with Crippen LogP contribution in [0.25, 0.3) is 0 Å². The van der Waals surface area contributed by atoms with Crippen molar-refractivity contribution in [3.8, 4) is 5.75 Å². The Labute approximate surface area is 123 Å². The third-order valence-corrected chi connectivity index (χ3v) is 2.93. The second-order valence-electron chi connectivity index (χ2n) is 4.68. The van der Waals surface area contributed by atoms with Crippen molar-refractivity contribution in [2.75, 3.05) is 19.4 Å². The van der Waals surface area contributed by atoms with Gasteiger partial charge in [0.1, 0.15) is 11.6 Å². The zero-order valence-corrected chi connectivity index (χ0v) is 12.4. The summed E-state index contributed by atoms with van der Waals surface area (Å²) in [6, 6.07) is 5.02. The Kier molecular flexibility index (Phi) is 4.42. The van der Waals surface area contributed by atoms with Crippen molar-refractivity contribution in [1.82, 2.24) is 20.1 Å². The highest BCUT2D eigenvalue weighted by Gasteiger charge is 2.15. The van der Waals surface area contributed by atoms with Crippen LogP contribution in [0.15, 0.2) is 18.2 Å². The number of amides is 1. The molecule has 0 aliphatic rings. The molecule has 1 aromatic carbocycles. The summed E-state index contributed by atoms with van der Waals surface area (Å²) < 4.78 is 5.36. The van der Waals surface area contributed by atoms with Crippen molar-refractivity contribution in [1.29, 1.82) is 0 Å². The summed E-state index contributed by atoms with van der Waals surface area (Å²) in [6.45, 7) is 4.55. The van der Waals surface area contributed by atoms with Gasteiger partial charge in [-0.15, -0.1) is 0 Å². The van der Waals surface area contributed by atoms with Crippen LogP contribution < -0.4 is 10.5 Å². The van der Waals surface area contributed by atoms with Crippen molar-refractivity contribution >= 4 is 11.6 Å². The van der Waals surface area contributed by atoms with Gasteiger partial charge in [0.2, 0.25) is 0 Å². The minimum absolute atomic E-state index is 0.146. The molecule has 2 rings (SSSR count). The van der Waals surface area contributed by atoms with E-state index in [9.17, 15) is 4.79 Å². The lowest BCUT2D eigenvalue weighted by atomic mass is 10.1. The topological polar surface area (TPSA) is 97.1 Å². The van der Waals surface area contributed by atoms with E-state index in [0.717, 1.165) is 5.82 Å².